The van der Waals surface area contributed by atoms with E-state index in [1.165, 1.54) is 13.0 Å². The van der Waals surface area contributed by atoms with E-state index in [0.29, 0.717) is 6.54 Å². The molecule has 1 heterocycles. The number of rotatable bonds is 3. The minimum absolute atomic E-state index is 0.0681. The molecule has 0 unspecified atom stereocenters. The molecule has 1 aromatic carbocycles. The van der Waals surface area contributed by atoms with Crippen molar-refractivity contribution in [3.63, 3.8) is 0 Å². The monoisotopic (exact) mass is 336 g/mol. The summed E-state index contributed by atoms with van der Waals surface area (Å²) in [5.41, 5.74) is 1.93. The summed E-state index contributed by atoms with van der Waals surface area (Å²) in [4.78, 5) is 17.9. The summed E-state index contributed by atoms with van der Waals surface area (Å²) < 4.78 is 38.2. The van der Waals surface area contributed by atoms with E-state index in [1.807, 2.05) is 39.0 Å². The van der Waals surface area contributed by atoms with Crippen molar-refractivity contribution in [2.45, 2.75) is 33.9 Å². The van der Waals surface area contributed by atoms with Gasteiger partial charge in [-0.2, -0.15) is 13.2 Å². The van der Waals surface area contributed by atoms with E-state index < -0.39 is 11.9 Å². The smallest absolute Gasteiger partial charge is 0.308 e. The average Bonchev–Trinajstić information content (AvgIpc) is 2.50. The van der Waals surface area contributed by atoms with E-state index in [0.717, 1.165) is 22.9 Å². The van der Waals surface area contributed by atoms with Gasteiger partial charge in [-0.3, -0.25) is 4.79 Å². The SMILES string of the molecule is CCN(C(=O)c1ccc(C(F)(F)F)nc1C)c1cc(C)ccc1C. The molecule has 0 aliphatic carbocycles. The number of carbonyl (C=O) groups is 1. The Hall–Kier alpha value is -2.37. The molecule has 1 aromatic heterocycles. The molecule has 128 valence electrons. The van der Waals surface area contributed by atoms with Gasteiger partial charge in [0, 0.05) is 12.2 Å². The zero-order chi connectivity index (χ0) is 18.1. The molecule has 0 fully saturated rings. The fraction of sp³-hybridized carbons (Fsp3) is 0.333. The van der Waals surface area contributed by atoms with Gasteiger partial charge < -0.3 is 4.90 Å². The molecule has 0 N–H and O–H groups in total. The molecule has 0 spiro atoms. The van der Waals surface area contributed by atoms with Gasteiger partial charge in [0.25, 0.3) is 5.91 Å². The Kier molecular flexibility index (Phi) is 4.96. The van der Waals surface area contributed by atoms with E-state index in [4.69, 9.17) is 0 Å². The number of anilines is 1. The van der Waals surface area contributed by atoms with Gasteiger partial charge in [0.2, 0.25) is 0 Å². The number of benzene rings is 1. The molecule has 0 bridgehead atoms. The van der Waals surface area contributed by atoms with E-state index in [1.54, 1.807) is 4.90 Å². The highest BCUT2D eigenvalue weighted by Gasteiger charge is 2.33. The van der Waals surface area contributed by atoms with Crippen LogP contribution < -0.4 is 4.90 Å². The Morgan fingerprint density at radius 2 is 1.79 bits per heavy atom. The summed E-state index contributed by atoms with van der Waals surface area (Å²) in [6, 6.07) is 7.79. The van der Waals surface area contributed by atoms with Gasteiger partial charge in [0.1, 0.15) is 5.69 Å². The number of halogens is 3. The van der Waals surface area contributed by atoms with Crippen molar-refractivity contribution in [1.82, 2.24) is 4.98 Å². The fourth-order valence-corrected chi connectivity index (χ4v) is 2.52. The maximum absolute atomic E-state index is 12.8. The highest BCUT2D eigenvalue weighted by Crippen LogP contribution is 2.29. The fourth-order valence-electron chi connectivity index (χ4n) is 2.52. The third-order valence-corrected chi connectivity index (χ3v) is 3.82. The first-order chi connectivity index (χ1) is 11.1. The largest absolute Gasteiger partial charge is 0.433 e. The second-order valence-corrected chi connectivity index (χ2v) is 5.67. The van der Waals surface area contributed by atoms with Crippen molar-refractivity contribution in [3.05, 3.63) is 58.4 Å². The van der Waals surface area contributed by atoms with Gasteiger partial charge in [-0.25, -0.2) is 4.98 Å². The van der Waals surface area contributed by atoms with Crippen LogP contribution in [-0.4, -0.2) is 17.4 Å². The first-order valence-corrected chi connectivity index (χ1v) is 7.59. The van der Waals surface area contributed by atoms with Crippen molar-refractivity contribution in [1.29, 1.82) is 0 Å². The van der Waals surface area contributed by atoms with Gasteiger partial charge >= 0.3 is 6.18 Å². The molecule has 2 aromatic rings. The Morgan fingerprint density at radius 3 is 2.33 bits per heavy atom. The molecule has 3 nitrogen and oxygen atoms in total. The van der Waals surface area contributed by atoms with Crippen molar-refractivity contribution in [3.8, 4) is 0 Å². The molecular weight excluding hydrogens is 317 g/mol. The highest BCUT2D eigenvalue weighted by atomic mass is 19.4. The van der Waals surface area contributed by atoms with Crippen molar-refractivity contribution < 1.29 is 18.0 Å². The van der Waals surface area contributed by atoms with Crippen LogP contribution in [0.15, 0.2) is 30.3 Å². The quantitative estimate of drug-likeness (QED) is 0.814. The second-order valence-electron chi connectivity index (χ2n) is 5.67. The molecule has 0 atom stereocenters. The summed E-state index contributed by atoms with van der Waals surface area (Å²) in [6.07, 6.45) is -4.52. The van der Waals surface area contributed by atoms with Gasteiger partial charge in [-0.1, -0.05) is 12.1 Å². The number of aryl methyl sites for hydroxylation is 3. The predicted octanol–water partition coefficient (Wildman–Crippen LogP) is 4.69. The molecule has 0 radical (unpaired) electrons. The van der Waals surface area contributed by atoms with Crippen molar-refractivity contribution in [2.24, 2.45) is 0 Å². The molecular formula is C18H19F3N2O. The van der Waals surface area contributed by atoms with Crippen LogP contribution in [-0.2, 0) is 6.18 Å². The van der Waals surface area contributed by atoms with Crippen LogP contribution in [0.25, 0.3) is 0 Å². The maximum Gasteiger partial charge on any atom is 0.433 e. The Labute approximate surface area is 139 Å². The third-order valence-electron chi connectivity index (χ3n) is 3.82. The third kappa shape index (κ3) is 3.58. The van der Waals surface area contributed by atoms with Crippen LogP contribution in [0.1, 0.15) is 39.8 Å². The number of carbonyl (C=O) groups excluding carboxylic acids is 1. The molecule has 24 heavy (non-hydrogen) atoms. The van der Waals surface area contributed by atoms with Gasteiger partial charge in [-0.05, 0) is 57.0 Å². The molecule has 0 saturated carbocycles. The Morgan fingerprint density at radius 1 is 1.12 bits per heavy atom. The van der Waals surface area contributed by atoms with Gasteiger partial charge in [0.05, 0.1) is 11.3 Å². The maximum atomic E-state index is 12.8. The Balaban J connectivity index is 2.44. The van der Waals surface area contributed by atoms with Crippen LogP contribution in [0, 0.1) is 20.8 Å². The standard InChI is InChI=1S/C18H19F3N2O/c1-5-23(15-10-11(2)6-7-12(15)3)17(24)14-8-9-16(18(19,20)21)22-13(14)4/h6-10H,5H2,1-4H3. The lowest BCUT2D eigenvalue weighted by molar-refractivity contribution is -0.141. The topological polar surface area (TPSA) is 33.2 Å². The number of amides is 1. The number of alkyl halides is 3. The minimum atomic E-state index is -4.52. The zero-order valence-electron chi connectivity index (χ0n) is 14.0. The summed E-state index contributed by atoms with van der Waals surface area (Å²) in [5, 5.41) is 0. The van der Waals surface area contributed by atoms with Crippen LogP contribution in [0.3, 0.4) is 0 Å². The molecule has 6 heteroatoms. The molecule has 0 saturated heterocycles. The summed E-state index contributed by atoms with van der Waals surface area (Å²) >= 11 is 0. The average molecular weight is 336 g/mol. The predicted molar refractivity (Wildman–Crippen MR) is 87.2 cm³/mol. The van der Waals surface area contributed by atoms with Crippen LogP contribution in [0.5, 0.6) is 0 Å². The Bertz CT molecular complexity index is 769. The highest BCUT2D eigenvalue weighted by molar-refractivity contribution is 6.07. The number of hydrogen-bond acceptors (Lipinski definition) is 2. The van der Waals surface area contributed by atoms with Crippen LogP contribution in [0.2, 0.25) is 0 Å². The number of aromatic nitrogens is 1. The minimum Gasteiger partial charge on any atom is -0.308 e. The van der Waals surface area contributed by atoms with Crippen molar-refractivity contribution in [2.75, 3.05) is 11.4 Å². The molecule has 0 aliphatic rings. The normalized spacial score (nSPS) is 11.5. The van der Waals surface area contributed by atoms with Crippen LogP contribution in [0.4, 0.5) is 18.9 Å². The first kappa shape index (κ1) is 18.0. The summed E-state index contributed by atoms with van der Waals surface area (Å²) in [5.74, 6) is -0.357. The lowest BCUT2D eigenvalue weighted by atomic mass is 10.1. The van der Waals surface area contributed by atoms with E-state index in [9.17, 15) is 18.0 Å². The number of pyridine rings is 1. The van der Waals surface area contributed by atoms with Crippen LogP contribution >= 0.6 is 0 Å². The number of hydrogen-bond donors (Lipinski definition) is 0. The lowest BCUT2D eigenvalue weighted by Gasteiger charge is -2.24. The van der Waals surface area contributed by atoms with Crippen molar-refractivity contribution >= 4 is 11.6 Å². The van der Waals surface area contributed by atoms with E-state index >= 15 is 0 Å². The lowest BCUT2D eigenvalue weighted by Crippen LogP contribution is -2.32. The van der Waals surface area contributed by atoms with Gasteiger partial charge in [-0.15, -0.1) is 0 Å². The number of nitrogens with zero attached hydrogens (tertiary/aromatic N) is 2. The zero-order valence-corrected chi connectivity index (χ0v) is 14.0. The second kappa shape index (κ2) is 6.63. The molecule has 2 rings (SSSR count). The summed E-state index contributed by atoms with van der Waals surface area (Å²) in [7, 11) is 0. The molecule has 1 amide bonds. The first-order valence-electron chi connectivity index (χ1n) is 7.59. The molecule has 0 aliphatic heterocycles. The summed E-state index contributed by atoms with van der Waals surface area (Å²) in [6.45, 7) is 7.46. The van der Waals surface area contributed by atoms with E-state index in [-0.39, 0.29) is 17.2 Å². The van der Waals surface area contributed by atoms with E-state index in [2.05, 4.69) is 4.98 Å². The van der Waals surface area contributed by atoms with Gasteiger partial charge in [0.15, 0.2) is 0 Å².